The minimum absolute atomic E-state index is 0.105. The third-order valence-corrected chi connectivity index (χ3v) is 2.88. The highest BCUT2D eigenvalue weighted by Crippen LogP contribution is 2.15. The highest BCUT2D eigenvalue weighted by molar-refractivity contribution is 7.10. The first kappa shape index (κ1) is 15.2. The summed E-state index contributed by atoms with van der Waals surface area (Å²) in [5.41, 5.74) is 0.817. The zero-order valence-electron chi connectivity index (χ0n) is 11.2. The van der Waals surface area contributed by atoms with Crippen LogP contribution in [0.2, 0.25) is 0 Å². The fraction of sp³-hybridized carbons (Fsp3) is 0.571. The largest absolute Gasteiger partial charge is 0.384 e. The Morgan fingerprint density at radius 2 is 2.11 bits per heavy atom. The van der Waals surface area contributed by atoms with Gasteiger partial charge >= 0.3 is 0 Å². The van der Waals surface area contributed by atoms with E-state index in [0.717, 1.165) is 10.4 Å². The molecule has 0 bridgehead atoms. The van der Waals surface area contributed by atoms with Gasteiger partial charge in [-0.25, -0.2) is 0 Å². The Morgan fingerprint density at radius 3 is 2.78 bits per heavy atom. The van der Waals surface area contributed by atoms with Gasteiger partial charge in [0, 0.05) is 15.8 Å². The Morgan fingerprint density at radius 1 is 1.33 bits per heavy atom. The minimum atomic E-state index is -0.112. The van der Waals surface area contributed by atoms with Gasteiger partial charge in [-0.3, -0.25) is 0 Å². The Hall–Kier alpha value is -0.860. The molecule has 0 atom stereocenters. The van der Waals surface area contributed by atoms with Crippen molar-refractivity contribution in [3.63, 3.8) is 0 Å². The summed E-state index contributed by atoms with van der Waals surface area (Å²) in [7, 11) is 0. The van der Waals surface area contributed by atoms with Gasteiger partial charge in [0.15, 0.2) is 0 Å². The molecule has 0 spiro atoms. The zero-order valence-corrected chi connectivity index (χ0v) is 12.0. The molecule has 1 aromatic heterocycles. The molecular weight excluding hydrogens is 248 g/mol. The number of thiophene rings is 1. The van der Waals surface area contributed by atoms with Gasteiger partial charge in [-0.15, -0.1) is 11.3 Å². The molecule has 1 rings (SSSR count). The van der Waals surface area contributed by atoms with Crippen LogP contribution in [0.3, 0.4) is 0 Å². The molecule has 18 heavy (non-hydrogen) atoms. The third-order valence-electron chi connectivity index (χ3n) is 1.97. The van der Waals surface area contributed by atoms with Crippen molar-refractivity contribution in [2.45, 2.75) is 33.0 Å². The number of rotatable bonds is 5. The maximum absolute atomic E-state index is 8.59. The average molecular weight is 268 g/mol. The second-order valence-corrected chi connectivity index (χ2v) is 5.77. The molecular formula is C14H20O3S. The van der Waals surface area contributed by atoms with Gasteiger partial charge in [0.05, 0.1) is 25.4 Å². The van der Waals surface area contributed by atoms with Crippen molar-refractivity contribution < 1.29 is 14.6 Å². The van der Waals surface area contributed by atoms with Gasteiger partial charge in [-0.05, 0) is 26.8 Å². The van der Waals surface area contributed by atoms with Crippen molar-refractivity contribution >= 4 is 11.3 Å². The Balaban J connectivity index is 2.21. The standard InChI is InChI=1S/C14H20O3S/c1-14(2,3)17-8-7-16-10-13-9-12(11-18-13)5-4-6-15/h9,11,15H,6-8,10H2,1-3H3. The monoisotopic (exact) mass is 268 g/mol. The van der Waals surface area contributed by atoms with Gasteiger partial charge in [0.2, 0.25) is 0 Å². The normalized spacial score (nSPS) is 11.1. The summed E-state index contributed by atoms with van der Waals surface area (Å²) in [6, 6.07) is 1.98. The van der Waals surface area contributed by atoms with Crippen LogP contribution in [0.25, 0.3) is 0 Å². The smallest absolute Gasteiger partial charge is 0.104 e. The second kappa shape index (κ2) is 7.55. The van der Waals surface area contributed by atoms with Gasteiger partial charge in [0.1, 0.15) is 6.61 Å². The van der Waals surface area contributed by atoms with Crippen LogP contribution in [-0.4, -0.2) is 30.5 Å². The number of aliphatic hydroxyl groups excluding tert-OH is 1. The van der Waals surface area contributed by atoms with Crippen LogP contribution in [-0.2, 0) is 16.1 Å². The lowest BCUT2D eigenvalue weighted by Crippen LogP contribution is -2.21. The summed E-state index contributed by atoms with van der Waals surface area (Å²) < 4.78 is 11.1. The molecule has 1 heterocycles. The fourth-order valence-corrected chi connectivity index (χ4v) is 1.99. The Kier molecular flexibility index (Phi) is 6.37. The van der Waals surface area contributed by atoms with Crippen molar-refractivity contribution in [1.82, 2.24) is 0 Å². The molecule has 0 aromatic carbocycles. The van der Waals surface area contributed by atoms with E-state index in [-0.39, 0.29) is 12.2 Å². The molecule has 0 amide bonds. The molecule has 3 nitrogen and oxygen atoms in total. The van der Waals surface area contributed by atoms with E-state index in [4.69, 9.17) is 14.6 Å². The van der Waals surface area contributed by atoms with Gasteiger partial charge < -0.3 is 14.6 Å². The van der Waals surface area contributed by atoms with E-state index >= 15 is 0 Å². The summed E-state index contributed by atoms with van der Waals surface area (Å²) in [5, 5.41) is 10.6. The first-order valence-electron chi connectivity index (χ1n) is 5.90. The summed E-state index contributed by atoms with van der Waals surface area (Å²) >= 11 is 1.61. The van der Waals surface area contributed by atoms with Crippen LogP contribution >= 0.6 is 11.3 Å². The van der Waals surface area contributed by atoms with E-state index in [1.165, 1.54) is 0 Å². The van der Waals surface area contributed by atoms with Gasteiger partial charge in [-0.2, -0.15) is 0 Å². The minimum Gasteiger partial charge on any atom is -0.384 e. The van der Waals surface area contributed by atoms with Crippen molar-refractivity contribution in [3.05, 3.63) is 21.9 Å². The van der Waals surface area contributed by atoms with E-state index in [2.05, 4.69) is 11.8 Å². The van der Waals surface area contributed by atoms with E-state index < -0.39 is 0 Å². The lowest BCUT2D eigenvalue weighted by atomic mass is 10.2. The molecule has 0 saturated carbocycles. The van der Waals surface area contributed by atoms with Crippen molar-refractivity contribution in [3.8, 4) is 11.8 Å². The highest BCUT2D eigenvalue weighted by Gasteiger charge is 2.09. The van der Waals surface area contributed by atoms with Gasteiger partial charge in [-0.1, -0.05) is 11.8 Å². The lowest BCUT2D eigenvalue weighted by Gasteiger charge is -2.19. The molecule has 0 aliphatic rings. The molecule has 0 aliphatic heterocycles. The van der Waals surface area contributed by atoms with Crippen LogP contribution in [0, 0.1) is 11.8 Å². The second-order valence-electron chi connectivity index (χ2n) is 4.78. The summed E-state index contributed by atoms with van der Waals surface area (Å²) in [6.45, 7) is 7.75. The predicted octanol–water partition coefficient (Wildman–Crippen LogP) is 2.42. The van der Waals surface area contributed by atoms with E-state index in [0.29, 0.717) is 19.8 Å². The number of hydrogen-bond donors (Lipinski definition) is 1. The predicted molar refractivity (Wildman–Crippen MR) is 73.6 cm³/mol. The molecule has 100 valence electrons. The Labute approximate surface area is 113 Å². The molecule has 0 aliphatic carbocycles. The van der Waals surface area contributed by atoms with Crippen LogP contribution < -0.4 is 0 Å². The molecule has 1 aromatic rings. The highest BCUT2D eigenvalue weighted by atomic mass is 32.1. The number of hydrogen-bond acceptors (Lipinski definition) is 4. The SMILES string of the molecule is CC(C)(C)OCCOCc1cc(C#CCO)cs1. The van der Waals surface area contributed by atoms with Crippen molar-refractivity contribution in [2.75, 3.05) is 19.8 Å². The molecule has 0 unspecified atom stereocenters. The van der Waals surface area contributed by atoms with E-state index in [9.17, 15) is 0 Å². The van der Waals surface area contributed by atoms with E-state index in [1.807, 2.05) is 32.2 Å². The van der Waals surface area contributed by atoms with Crippen LogP contribution in [0.5, 0.6) is 0 Å². The molecule has 0 saturated heterocycles. The number of ether oxygens (including phenoxy) is 2. The van der Waals surface area contributed by atoms with Gasteiger partial charge in [0.25, 0.3) is 0 Å². The van der Waals surface area contributed by atoms with Crippen molar-refractivity contribution in [1.29, 1.82) is 0 Å². The summed E-state index contributed by atoms with van der Waals surface area (Å²) in [4.78, 5) is 1.13. The van der Waals surface area contributed by atoms with Crippen LogP contribution in [0.1, 0.15) is 31.2 Å². The average Bonchev–Trinajstić information content (AvgIpc) is 2.72. The topological polar surface area (TPSA) is 38.7 Å². The number of aliphatic hydroxyl groups is 1. The summed E-state index contributed by atoms with van der Waals surface area (Å²) in [5.74, 6) is 5.49. The van der Waals surface area contributed by atoms with Crippen molar-refractivity contribution in [2.24, 2.45) is 0 Å². The zero-order chi connectivity index (χ0) is 13.4. The molecule has 1 N–H and O–H groups in total. The fourth-order valence-electron chi connectivity index (χ4n) is 1.24. The lowest BCUT2D eigenvalue weighted by molar-refractivity contribution is -0.0373. The van der Waals surface area contributed by atoms with Crippen LogP contribution in [0.4, 0.5) is 0 Å². The maximum atomic E-state index is 8.59. The summed E-state index contributed by atoms with van der Waals surface area (Å²) in [6.07, 6.45) is 0. The third kappa shape index (κ3) is 6.77. The maximum Gasteiger partial charge on any atom is 0.104 e. The molecule has 4 heteroatoms. The van der Waals surface area contributed by atoms with E-state index in [1.54, 1.807) is 11.3 Å². The first-order chi connectivity index (χ1) is 8.51. The molecule has 0 radical (unpaired) electrons. The Bertz CT molecular complexity index is 407. The molecule has 0 fully saturated rings. The quantitative estimate of drug-likeness (QED) is 0.658. The first-order valence-corrected chi connectivity index (χ1v) is 6.78. The van der Waals surface area contributed by atoms with Crippen LogP contribution in [0.15, 0.2) is 11.4 Å².